The zero-order valence-corrected chi connectivity index (χ0v) is 22.1. The highest BCUT2D eigenvalue weighted by atomic mass is 35.5. The number of hydrogen-bond acceptors (Lipinski definition) is 6. The molecule has 0 bridgehead atoms. The Morgan fingerprint density at radius 3 is 2.32 bits per heavy atom. The minimum absolute atomic E-state index is 0.0361. The summed E-state index contributed by atoms with van der Waals surface area (Å²) >= 11 is 6.53. The van der Waals surface area contributed by atoms with Crippen molar-refractivity contribution in [2.75, 3.05) is 26.0 Å². The number of nitrogens with zero attached hydrogens (tertiary/aromatic N) is 2. The highest BCUT2D eigenvalue weighted by molar-refractivity contribution is 7.91. The average molecular weight is 519 g/mol. The van der Waals surface area contributed by atoms with Gasteiger partial charge in [0.2, 0.25) is 5.91 Å². The van der Waals surface area contributed by atoms with Crippen LogP contribution in [0, 0.1) is 11.8 Å². The molecule has 0 aromatic heterocycles. The molecule has 0 aromatic rings. The van der Waals surface area contributed by atoms with E-state index in [2.05, 4.69) is 0 Å². The molecule has 2 aliphatic heterocycles. The molecule has 34 heavy (non-hydrogen) atoms. The summed E-state index contributed by atoms with van der Waals surface area (Å²) in [6.45, 7) is 5.25. The molecule has 4 rings (SSSR count). The van der Waals surface area contributed by atoms with E-state index in [0.29, 0.717) is 45.4 Å². The first-order valence-electron chi connectivity index (χ1n) is 12.7. The average Bonchev–Trinajstić information content (AvgIpc) is 2.77. The summed E-state index contributed by atoms with van der Waals surface area (Å²) < 4.78 is 35.9. The highest BCUT2D eigenvalue weighted by Crippen LogP contribution is 2.44. The molecule has 8 nitrogen and oxygen atoms in total. The van der Waals surface area contributed by atoms with Crippen LogP contribution in [0.4, 0.5) is 4.79 Å². The van der Waals surface area contributed by atoms with Crippen LogP contribution < -0.4 is 0 Å². The second-order valence-corrected chi connectivity index (χ2v) is 13.8. The van der Waals surface area contributed by atoms with E-state index in [0.717, 1.165) is 25.7 Å². The van der Waals surface area contributed by atoms with Gasteiger partial charge in [-0.15, -0.1) is 11.6 Å². The number of alkyl halides is 1. The van der Waals surface area contributed by atoms with E-state index < -0.39 is 15.1 Å². The van der Waals surface area contributed by atoms with Gasteiger partial charge in [-0.1, -0.05) is 0 Å². The summed E-state index contributed by atoms with van der Waals surface area (Å²) in [5.74, 6) is 0.511. The predicted octanol–water partition coefficient (Wildman–Crippen LogP) is 3.21. The van der Waals surface area contributed by atoms with Crippen LogP contribution in [0.25, 0.3) is 0 Å². The zero-order valence-electron chi connectivity index (χ0n) is 20.5. The number of hydrogen-bond donors (Lipinski definition) is 0. The Hall–Kier alpha value is -1.06. The van der Waals surface area contributed by atoms with Crippen molar-refractivity contribution in [3.05, 3.63) is 0 Å². The SMILES string of the molecule is CC(=O)N1C2CCC(C3CC(Cl)CC(S(C)(=O)=O)C3)CC2N(C(=O)OC2CCOCC2)C[C@@H]1C. The summed E-state index contributed by atoms with van der Waals surface area (Å²) in [5, 5.41) is -0.549. The van der Waals surface area contributed by atoms with Crippen molar-refractivity contribution < 1.29 is 27.5 Å². The third-order valence-electron chi connectivity index (χ3n) is 8.46. The van der Waals surface area contributed by atoms with E-state index in [1.165, 1.54) is 6.26 Å². The largest absolute Gasteiger partial charge is 0.446 e. The van der Waals surface area contributed by atoms with Crippen molar-refractivity contribution in [3.8, 4) is 0 Å². The van der Waals surface area contributed by atoms with Gasteiger partial charge in [0.15, 0.2) is 0 Å². The quantitative estimate of drug-likeness (QED) is 0.532. The van der Waals surface area contributed by atoms with Crippen LogP contribution in [-0.2, 0) is 24.1 Å². The topological polar surface area (TPSA) is 93.2 Å². The van der Waals surface area contributed by atoms with Crippen LogP contribution >= 0.6 is 11.6 Å². The van der Waals surface area contributed by atoms with Crippen molar-refractivity contribution in [2.24, 2.45) is 11.8 Å². The van der Waals surface area contributed by atoms with Gasteiger partial charge in [0, 0.05) is 44.0 Å². The molecule has 0 radical (unpaired) electrons. The molecular weight excluding hydrogens is 480 g/mol. The lowest BCUT2D eigenvalue weighted by atomic mass is 9.69. The number of carbonyl (C=O) groups excluding carboxylic acids is 2. The molecule has 4 aliphatic rings. The van der Waals surface area contributed by atoms with E-state index in [1.54, 1.807) is 6.92 Å². The van der Waals surface area contributed by atoms with E-state index in [4.69, 9.17) is 21.1 Å². The molecule has 4 fully saturated rings. The van der Waals surface area contributed by atoms with Gasteiger partial charge in [0.05, 0.1) is 30.5 Å². The monoisotopic (exact) mass is 518 g/mol. The van der Waals surface area contributed by atoms with Gasteiger partial charge in [-0.3, -0.25) is 4.79 Å². The summed E-state index contributed by atoms with van der Waals surface area (Å²) in [4.78, 5) is 29.7. The normalized spacial score (nSPS) is 37.7. The highest BCUT2D eigenvalue weighted by Gasteiger charge is 2.49. The number of fused-ring (bicyclic) bond motifs is 1. The van der Waals surface area contributed by atoms with Crippen LogP contribution in [0.2, 0.25) is 0 Å². The summed E-state index contributed by atoms with van der Waals surface area (Å²) in [5.41, 5.74) is 0. The molecule has 10 heteroatoms. The molecule has 2 saturated heterocycles. The van der Waals surface area contributed by atoms with Gasteiger partial charge < -0.3 is 19.3 Å². The van der Waals surface area contributed by atoms with Gasteiger partial charge in [0.1, 0.15) is 15.9 Å². The fourth-order valence-electron chi connectivity index (χ4n) is 6.82. The summed E-state index contributed by atoms with van der Waals surface area (Å²) in [6.07, 6.45) is 6.67. The Kier molecular flexibility index (Phi) is 8.04. The van der Waals surface area contributed by atoms with Crippen molar-refractivity contribution >= 4 is 33.4 Å². The van der Waals surface area contributed by atoms with Crippen LogP contribution in [0.5, 0.6) is 0 Å². The molecular formula is C24H39ClN2O6S. The third-order valence-corrected chi connectivity index (χ3v) is 10.4. The molecule has 0 aromatic carbocycles. The zero-order chi connectivity index (χ0) is 24.6. The maximum Gasteiger partial charge on any atom is 0.410 e. The van der Waals surface area contributed by atoms with Crippen molar-refractivity contribution in [2.45, 2.75) is 100 Å². The number of ether oxygens (including phenoxy) is 2. The number of piperazine rings is 1. The number of halogens is 1. The Labute approximate surface area is 208 Å². The number of carbonyl (C=O) groups is 2. The number of sulfone groups is 1. The number of amides is 2. The van der Waals surface area contributed by atoms with Crippen LogP contribution in [0.3, 0.4) is 0 Å². The first-order valence-corrected chi connectivity index (χ1v) is 15.1. The van der Waals surface area contributed by atoms with Gasteiger partial charge in [-0.25, -0.2) is 13.2 Å². The van der Waals surface area contributed by atoms with Crippen LogP contribution in [-0.4, -0.2) is 91.1 Å². The summed E-state index contributed by atoms with van der Waals surface area (Å²) in [6, 6.07) is -0.242. The van der Waals surface area contributed by atoms with Crippen molar-refractivity contribution in [1.29, 1.82) is 0 Å². The molecule has 2 heterocycles. The Morgan fingerprint density at radius 2 is 1.68 bits per heavy atom. The van der Waals surface area contributed by atoms with E-state index in [1.807, 2.05) is 16.7 Å². The Morgan fingerprint density at radius 1 is 0.971 bits per heavy atom. The molecule has 0 spiro atoms. The van der Waals surface area contributed by atoms with Gasteiger partial charge in [-0.05, 0) is 57.3 Å². The standard InChI is InChI=1S/C24H39ClN2O6S/c1-15-14-26(24(29)33-20-6-8-32-9-7-20)23-12-17(4-5-22(23)27(15)16(2)28)18-10-19(25)13-21(11-18)34(3,30)31/h15,17-23H,4-14H2,1-3H3/t15-,17?,18?,19?,21?,22?,23?/m0/s1. The van der Waals surface area contributed by atoms with Crippen LogP contribution in [0.1, 0.15) is 65.2 Å². The second-order valence-electron chi connectivity index (χ2n) is 10.8. The fraction of sp³-hybridized carbons (Fsp3) is 0.917. The first kappa shape index (κ1) is 26.0. The smallest absolute Gasteiger partial charge is 0.410 e. The van der Waals surface area contributed by atoms with E-state index in [-0.39, 0.29) is 53.4 Å². The van der Waals surface area contributed by atoms with Gasteiger partial charge >= 0.3 is 6.09 Å². The lowest BCUT2D eigenvalue weighted by Crippen LogP contribution is -2.67. The van der Waals surface area contributed by atoms with Gasteiger partial charge in [0.25, 0.3) is 0 Å². The molecule has 6 unspecified atom stereocenters. The van der Waals surface area contributed by atoms with E-state index >= 15 is 0 Å². The third kappa shape index (κ3) is 5.67. The van der Waals surface area contributed by atoms with E-state index in [9.17, 15) is 18.0 Å². The Bertz CT molecular complexity index is 864. The molecule has 7 atom stereocenters. The number of rotatable bonds is 3. The lowest BCUT2D eigenvalue weighted by Gasteiger charge is -2.54. The Balaban J connectivity index is 1.52. The minimum Gasteiger partial charge on any atom is -0.446 e. The predicted molar refractivity (Wildman–Crippen MR) is 130 cm³/mol. The molecule has 194 valence electrons. The lowest BCUT2D eigenvalue weighted by molar-refractivity contribution is -0.143. The van der Waals surface area contributed by atoms with Gasteiger partial charge in [-0.2, -0.15) is 0 Å². The second kappa shape index (κ2) is 10.5. The maximum atomic E-state index is 13.3. The molecule has 2 aliphatic carbocycles. The first-order chi connectivity index (χ1) is 16.0. The summed E-state index contributed by atoms with van der Waals surface area (Å²) in [7, 11) is -3.15. The molecule has 2 amide bonds. The fourth-order valence-corrected chi connectivity index (χ4v) is 8.55. The molecule has 2 saturated carbocycles. The van der Waals surface area contributed by atoms with Crippen LogP contribution in [0.15, 0.2) is 0 Å². The molecule has 0 N–H and O–H groups in total. The van der Waals surface area contributed by atoms with Crippen molar-refractivity contribution in [1.82, 2.24) is 9.80 Å². The maximum absolute atomic E-state index is 13.3. The van der Waals surface area contributed by atoms with Crippen molar-refractivity contribution in [3.63, 3.8) is 0 Å². The minimum atomic E-state index is -3.15.